The first-order valence-electron chi connectivity index (χ1n) is 19.6. The number of hydrogen-bond donors (Lipinski definition) is 0. The van der Waals surface area contributed by atoms with Crippen molar-refractivity contribution in [1.82, 2.24) is 14.5 Å². The van der Waals surface area contributed by atoms with Crippen molar-refractivity contribution < 1.29 is 38.1 Å². The monoisotopic (exact) mass is 755 g/mol. The number of hydrogen-bond acceptors (Lipinski definition) is 9. The van der Waals surface area contributed by atoms with Crippen LogP contribution in [0, 0.1) is 0 Å². The van der Waals surface area contributed by atoms with Gasteiger partial charge in [-0.3, -0.25) is 0 Å². The molecule has 0 bridgehead atoms. The first-order valence-corrected chi connectivity index (χ1v) is 19.6. The van der Waals surface area contributed by atoms with Gasteiger partial charge in [0.1, 0.15) is 23.6 Å². The van der Waals surface area contributed by atoms with Crippen molar-refractivity contribution >= 4 is 29.1 Å². The van der Waals surface area contributed by atoms with Crippen LogP contribution < -0.4 is 9.47 Å². The van der Waals surface area contributed by atoms with Crippen molar-refractivity contribution in [3.63, 3.8) is 0 Å². The number of fused-ring (bicyclic) bond motifs is 3. The molecular weight excluding hydrogens is 698 g/mol. The minimum Gasteiger partial charge on any atom is -0.492 e. The Kier molecular flexibility index (Phi) is 13.2. The van der Waals surface area contributed by atoms with E-state index in [2.05, 4.69) is 13.8 Å². The number of pyridine rings is 1. The van der Waals surface area contributed by atoms with Crippen LogP contribution in [0.2, 0.25) is 0 Å². The molecule has 0 saturated carbocycles. The van der Waals surface area contributed by atoms with Gasteiger partial charge in [-0.1, -0.05) is 76.1 Å². The molecular formula is C44H57N3O8. The molecule has 2 aromatic carbocycles. The number of benzene rings is 2. The Morgan fingerprint density at radius 3 is 2.11 bits per heavy atom. The summed E-state index contributed by atoms with van der Waals surface area (Å²) < 4.78 is 31.8. The van der Waals surface area contributed by atoms with Crippen LogP contribution in [0.1, 0.15) is 121 Å². The van der Waals surface area contributed by atoms with E-state index in [9.17, 15) is 14.4 Å². The average Bonchev–Trinajstić information content (AvgIpc) is 3.46. The summed E-state index contributed by atoms with van der Waals surface area (Å²) >= 11 is 0. The molecule has 3 heterocycles. The number of carbonyl (C=O) groups excluding carboxylic acids is 3. The summed E-state index contributed by atoms with van der Waals surface area (Å²) in [6.45, 7) is 18.6. The molecule has 0 unspecified atom stereocenters. The Hall–Kier alpha value is -5.06. The minimum absolute atomic E-state index is 0.0834. The van der Waals surface area contributed by atoms with Crippen molar-refractivity contribution in [2.75, 3.05) is 19.8 Å². The predicted octanol–water partition coefficient (Wildman–Crippen LogP) is 10.1. The highest BCUT2D eigenvalue weighted by Gasteiger charge is 2.34. The SMILES string of the molecule is CCCCOc1nc(-c2ccc3c4c(n(C(=O)OC(C)(C)C)c3c2)CN(C(=O)OC(C)(C)C)CC4)c(CC)c(OCCCC)c1C(=O)OCc1ccccc1. The van der Waals surface area contributed by atoms with Gasteiger partial charge >= 0.3 is 18.2 Å². The van der Waals surface area contributed by atoms with E-state index >= 15 is 0 Å². The molecule has 0 N–H and O–H groups in total. The van der Waals surface area contributed by atoms with Gasteiger partial charge in [0.2, 0.25) is 5.88 Å². The van der Waals surface area contributed by atoms with Crippen LogP contribution in [0.15, 0.2) is 48.5 Å². The zero-order valence-electron chi connectivity index (χ0n) is 34.0. The summed E-state index contributed by atoms with van der Waals surface area (Å²) in [7, 11) is 0. The second-order valence-corrected chi connectivity index (χ2v) is 15.9. The van der Waals surface area contributed by atoms with Gasteiger partial charge in [-0.05, 0) is 84.4 Å². The summed E-state index contributed by atoms with van der Waals surface area (Å²) in [5.41, 5.74) is 3.86. The first-order chi connectivity index (χ1) is 26.2. The molecule has 0 aliphatic carbocycles. The molecule has 55 heavy (non-hydrogen) atoms. The summed E-state index contributed by atoms with van der Waals surface area (Å²) in [5.74, 6) is -0.0485. The van der Waals surface area contributed by atoms with Crippen molar-refractivity contribution in [3.8, 4) is 22.9 Å². The van der Waals surface area contributed by atoms with E-state index in [1.165, 1.54) is 0 Å². The molecule has 11 heteroatoms. The van der Waals surface area contributed by atoms with E-state index in [0.717, 1.165) is 47.8 Å². The number of unbranched alkanes of at least 4 members (excludes halogenated alkanes) is 2. The molecule has 0 radical (unpaired) electrons. The Morgan fingerprint density at radius 2 is 1.47 bits per heavy atom. The third kappa shape index (κ3) is 9.98. The zero-order chi connectivity index (χ0) is 39.9. The van der Waals surface area contributed by atoms with Gasteiger partial charge in [-0.15, -0.1) is 0 Å². The molecule has 1 aliphatic heterocycles. The van der Waals surface area contributed by atoms with E-state index in [4.69, 9.17) is 28.7 Å². The smallest absolute Gasteiger partial charge is 0.419 e. The van der Waals surface area contributed by atoms with E-state index in [1.807, 2.05) is 97.0 Å². The number of rotatable bonds is 13. The van der Waals surface area contributed by atoms with Gasteiger partial charge in [0.05, 0.1) is 36.7 Å². The van der Waals surface area contributed by atoms with Crippen molar-refractivity contribution in [1.29, 1.82) is 0 Å². The van der Waals surface area contributed by atoms with Crippen LogP contribution >= 0.6 is 0 Å². The van der Waals surface area contributed by atoms with Crippen LogP contribution in [0.25, 0.3) is 22.2 Å². The molecule has 11 nitrogen and oxygen atoms in total. The van der Waals surface area contributed by atoms with Crippen LogP contribution in [0.5, 0.6) is 11.6 Å². The molecule has 0 saturated heterocycles. The van der Waals surface area contributed by atoms with E-state index in [-0.39, 0.29) is 24.6 Å². The lowest BCUT2D eigenvalue weighted by Crippen LogP contribution is -2.41. The van der Waals surface area contributed by atoms with E-state index < -0.39 is 29.4 Å². The highest BCUT2D eigenvalue weighted by atomic mass is 16.6. The average molecular weight is 756 g/mol. The lowest BCUT2D eigenvalue weighted by molar-refractivity contribution is 0.0212. The maximum atomic E-state index is 14.1. The Labute approximate surface area is 325 Å². The number of amides is 1. The molecule has 0 fully saturated rings. The normalized spacial score (nSPS) is 13.0. The lowest BCUT2D eigenvalue weighted by Gasteiger charge is -2.31. The topological polar surface area (TPSA) is 118 Å². The zero-order valence-corrected chi connectivity index (χ0v) is 34.0. The number of nitrogens with zero attached hydrogens (tertiary/aromatic N) is 3. The number of carbonyl (C=O) groups is 3. The van der Waals surface area contributed by atoms with Gasteiger partial charge in [0.15, 0.2) is 5.56 Å². The van der Waals surface area contributed by atoms with E-state index in [1.54, 1.807) is 9.47 Å². The molecule has 0 atom stereocenters. The van der Waals surface area contributed by atoms with Gasteiger partial charge < -0.3 is 28.6 Å². The van der Waals surface area contributed by atoms with Crippen molar-refractivity contribution in [2.24, 2.45) is 0 Å². The minimum atomic E-state index is -0.769. The summed E-state index contributed by atoms with van der Waals surface area (Å²) in [5, 5.41) is 0.881. The van der Waals surface area contributed by atoms with Gasteiger partial charge in [-0.2, -0.15) is 0 Å². The molecule has 1 aliphatic rings. The Balaban J connectivity index is 1.68. The van der Waals surface area contributed by atoms with Crippen LogP contribution in [-0.2, 0) is 40.2 Å². The highest BCUT2D eigenvalue weighted by molar-refractivity contribution is 5.99. The summed E-state index contributed by atoms with van der Waals surface area (Å²) in [6, 6.07) is 15.4. The van der Waals surface area contributed by atoms with Crippen molar-refractivity contribution in [2.45, 2.75) is 125 Å². The highest BCUT2D eigenvalue weighted by Crippen LogP contribution is 2.41. The Bertz CT molecular complexity index is 1990. The lowest BCUT2D eigenvalue weighted by atomic mass is 9.98. The molecule has 1 amide bonds. The fraction of sp³-hybridized carbons (Fsp3) is 0.500. The molecule has 2 aromatic heterocycles. The maximum absolute atomic E-state index is 14.1. The third-order valence-electron chi connectivity index (χ3n) is 9.12. The fourth-order valence-corrected chi connectivity index (χ4v) is 6.52. The number of esters is 1. The molecule has 5 rings (SSSR count). The molecule has 0 spiro atoms. The van der Waals surface area contributed by atoms with Gasteiger partial charge in [0.25, 0.3) is 0 Å². The summed E-state index contributed by atoms with van der Waals surface area (Å²) in [4.78, 5) is 47.9. The second-order valence-electron chi connectivity index (χ2n) is 15.9. The van der Waals surface area contributed by atoms with Crippen LogP contribution in [-0.4, -0.2) is 63.6 Å². The maximum Gasteiger partial charge on any atom is 0.419 e. The number of aromatic nitrogens is 2. The quantitative estimate of drug-likeness (QED) is 0.0746. The molecule has 4 aromatic rings. The number of ether oxygens (including phenoxy) is 5. The fourth-order valence-electron chi connectivity index (χ4n) is 6.52. The largest absolute Gasteiger partial charge is 0.492 e. The first kappa shape index (κ1) is 41.1. The standard InChI is InChI=1S/C44H57N3O8/c1-10-13-24-51-38-31(12-3)37(45-39(52-25-14-11-2)36(38)40(48)53-28-29-18-16-15-17-19-29)30-20-21-32-33-22-23-46(41(49)54-43(4,5)6)27-35(33)47(34(32)26-30)42(50)55-44(7,8)9/h15-21,26H,10-14,22-25,27-28H2,1-9H3. The second kappa shape index (κ2) is 17.6. The van der Waals surface area contributed by atoms with Crippen LogP contribution in [0.3, 0.4) is 0 Å². The van der Waals surface area contributed by atoms with E-state index in [0.29, 0.717) is 60.8 Å². The van der Waals surface area contributed by atoms with Crippen LogP contribution in [0.4, 0.5) is 9.59 Å². The Morgan fingerprint density at radius 1 is 0.818 bits per heavy atom. The predicted molar refractivity (Wildman–Crippen MR) is 213 cm³/mol. The molecule has 296 valence electrons. The van der Waals surface area contributed by atoms with Gasteiger partial charge in [-0.25, -0.2) is 23.9 Å². The van der Waals surface area contributed by atoms with Gasteiger partial charge in [0, 0.05) is 23.1 Å². The third-order valence-corrected chi connectivity index (χ3v) is 9.12. The summed E-state index contributed by atoms with van der Waals surface area (Å²) in [6.07, 6.45) is 3.38. The van der Waals surface area contributed by atoms with Crippen molar-refractivity contribution in [3.05, 3.63) is 76.5 Å².